The van der Waals surface area contributed by atoms with Crippen LogP contribution in [0.15, 0.2) is 22.3 Å². The number of hydrogen-bond donors (Lipinski definition) is 1. The Labute approximate surface area is 63.5 Å². The standard InChI is InChI=1S/C6H7N3S/c1-2-3-8-6-5(7)9-4-10-6/h2-4,7H,1H3/b3-2-,7-5?,8-6?. The number of nitrogens with zero attached hydrogens (tertiary/aromatic N) is 2. The van der Waals surface area contributed by atoms with Gasteiger partial charge in [-0.05, 0) is 6.92 Å². The smallest absolute Gasteiger partial charge is 0.178 e. The molecular formula is C6H7N3S. The normalized spacial score (nSPS) is 21.7. The monoisotopic (exact) mass is 153 g/mol. The summed E-state index contributed by atoms with van der Waals surface area (Å²) in [5.41, 5.74) is 1.62. The molecule has 0 atom stereocenters. The van der Waals surface area contributed by atoms with Crippen LogP contribution < -0.4 is 0 Å². The van der Waals surface area contributed by atoms with Gasteiger partial charge in [0, 0.05) is 6.20 Å². The molecule has 0 fully saturated rings. The van der Waals surface area contributed by atoms with Crippen LogP contribution in [0.2, 0.25) is 0 Å². The van der Waals surface area contributed by atoms with Crippen LogP contribution >= 0.6 is 11.8 Å². The number of allylic oxidation sites excluding steroid dienone is 1. The number of hydrogen-bond acceptors (Lipinski definition) is 3. The van der Waals surface area contributed by atoms with Crippen molar-refractivity contribution < 1.29 is 0 Å². The lowest BCUT2D eigenvalue weighted by Gasteiger charge is -1.86. The second kappa shape index (κ2) is 3.31. The third-order valence-corrected chi connectivity index (χ3v) is 1.62. The van der Waals surface area contributed by atoms with Gasteiger partial charge in [0.25, 0.3) is 0 Å². The summed E-state index contributed by atoms with van der Waals surface area (Å²) in [6, 6.07) is 0. The first-order valence-electron chi connectivity index (χ1n) is 2.81. The second-order valence-corrected chi connectivity index (χ2v) is 2.45. The van der Waals surface area contributed by atoms with E-state index >= 15 is 0 Å². The maximum atomic E-state index is 7.20. The van der Waals surface area contributed by atoms with Crippen LogP contribution in [0.1, 0.15) is 6.92 Å². The molecule has 10 heavy (non-hydrogen) atoms. The minimum absolute atomic E-state index is 0.253. The zero-order chi connectivity index (χ0) is 7.40. The van der Waals surface area contributed by atoms with Gasteiger partial charge < -0.3 is 0 Å². The van der Waals surface area contributed by atoms with Crippen molar-refractivity contribution in [2.24, 2.45) is 9.98 Å². The van der Waals surface area contributed by atoms with Gasteiger partial charge in [0.15, 0.2) is 5.84 Å². The van der Waals surface area contributed by atoms with E-state index < -0.39 is 0 Å². The van der Waals surface area contributed by atoms with Gasteiger partial charge in [-0.15, -0.1) is 0 Å². The third-order valence-electron chi connectivity index (χ3n) is 0.890. The van der Waals surface area contributed by atoms with Crippen molar-refractivity contribution >= 4 is 28.2 Å². The first-order chi connectivity index (χ1) is 4.84. The van der Waals surface area contributed by atoms with Crippen molar-refractivity contribution in [2.75, 3.05) is 0 Å². The van der Waals surface area contributed by atoms with E-state index in [1.807, 2.05) is 13.0 Å². The molecule has 0 unspecified atom stereocenters. The summed E-state index contributed by atoms with van der Waals surface area (Å²) in [5, 5.41) is 7.87. The lowest BCUT2D eigenvalue weighted by Crippen LogP contribution is -1.98. The molecule has 1 rings (SSSR count). The van der Waals surface area contributed by atoms with E-state index in [1.165, 1.54) is 11.8 Å². The first-order valence-corrected chi connectivity index (χ1v) is 3.69. The van der Waals surface area contributed by atoms with Crippen LogP contribution in [-0.4, -0.2) is 16.4 Å². The Morgan fingerprint density at radius 1 is 1.80 bits per heavy atom. The Hall–Kier alpha value is -0.900. The largest absolute Gasteiger partial charge is 0.281 e. The summed E-state index contributed by atoms with van der Waals surface area (Å²) < 4.78 is 0. The molecule has 1 N–H and O–H groups in total. The van der Waals surface area contributed by atoms with Crippen molar-refractivity contribution in [3.8, 4) is 0 Å². The van der Waals surface area contributed by atoms with Crippen LogP contribution in [0, 0.1) is 5.41 Å². The van der Waals surface area contributed by atoms with Crippen LogP contribution in [-0.2, 0) is 0 Å². The summed E-state index contributed by atoms with van der Waals surface area (Å²) >= 11 is 1.37. The minimum Gasteiger partial charge on any atom is -0.281 e. The zero-order valence-electron chi connectivity index (χ0n) is 5.53. The van der Waals surface area contributed by atoms with Crippen LogP contribution in [0.5, 0.6) is 0 Å². The molecule has 52 valence electrons. The van der Waals surface area contributed by atoms with Gasteiger partial charge in [0.05, 0.1) is 5.55 Å². The Bertz CT molecular complexity index is 227. The van der Waals surface area contributed by atoms with Gasteiger partial charge in [0.2, 0.25) is 0 Å². The van der Waals surface area contributed by atoms with Crippen LogP contribution in [0.3, 0.4) is 0 Å². The summed E-state index contributed by atoms with van der Waals surface area (Å²) in [6.07, 6.45) is 3.48. The summed E-state index contributed by atoms with van der Waals surface area (Å²) in [4.78, 5) is 7.70. The van der Waals surface area contributed by atoms with Crippen LogP contribution in [0.4, 0.5) is 0 Å². The van der Waals surface area contributed by atoms with E-state index in [-0.39, 0.29) is 5.84 Å². The number of rotatable bonds is 1. The van der Waals surface area contributed by atoms with Crippen molar-refractivity contribution in [3.05, 3.63) is 12.3 Å². The molecule has 0 saturated carbocycles. The Morgan fingerprint density at radius 3 is 3.10 bits per heavy atom. The zero-order valence-corrected chi connectivity index (χ0v) is 6.35. The van der Waals surface area contributed by atoms with Gasteiger partial charge in [0.1, 0.15) is 5.04 Å². The highest BCUT2D eigenvalue weighted by molar-refractivity contribution is 8.27. The SMILES string of the molecule is C/C=C\N=C1SC=NC1=N. The molecule has 1 heterocycles. The lowest BCUT2D eigenvalue weighted by molar-refractivity contribution is 1.48. The molecule has 1 aliphatic rings. The Morgan fingerprint density at radius 2 is 2.60 bits per heavy atom. The van der Waals surface area contributed by atoms with Gasteiger partial charge >= 0.3 is 0 Å². The van der Waals surface area contributed by atoms with Crippen LogP contribution in [0.25, 0.3) is 0 Å². The molecule has 0 aromatic rings. The predicted molar refractivity (Wildman–Crippen MR) is 46.1 cm³/mol. The number of thioether (sulfide) groups is 1. The number of nitrogens with one attached hydrogen (secondary N) is 1. The summed E-state index contributed by atoms with van der Waals surface area (Å²) in [6.45, 7) is 1.88. The molecule has 0 aliphatic carbocycles. The summed E-state index contributed by atoms with van der Waals surface area (Å²) in [5.74, 6) is 0.253. The molecule has 0 spiro atoms. The highest BCUT2D eigenvalue weighted by Crippen LogP contribution is 2.09. The fourth-order valence-corrected chi connectivity index (χ4v) is 1.02. The Kier molecular flexibility index (Phi) is 2.39. The van der Waals surface area contributed by atoms with Crippen molar-refractivity contribution in [3.63, 3.8) is 0 Å². The van der Waals surface area contributed by atoms with Crippen molar-refractivity contribution in [2.45, 2.75) is 6.92 Å². The van der Waals surface area contributed by atoms with Crippen molar-refractivity contribution in [1.82, 2.24) is 0 Å². The average molecular weight is 153 g/mol. The highest BCUT2D eigenvalue weighted by Gasteiger charge is 2.09. The fourth-order valence-electron chi connectivity index (χ4n) is 0.474. The molecule has 1 aliphatic heterocycles. The van der Waals surface area contributed by atoms with Gasteiger partial charge in [-0.2, -0.15) is 0 Å². The second-order valence-electron chi connectivity index (χ2n) is 1.62. The minimum atomic E-state index is 0.253. The van der Waals surface area contributed by atoms with E-state index in [9.17, 15) is 0 Å². The summed E-state index contributed by atoms with van der Waals surface area (Å²) in [7, 11) is 0. The molecule has 0 radical (unpaired) electrons. The average Bonchev–Trinajstić information content (AvgIpc) is 2.31. The topological polar surface area (TPSA) is 48.6 Å². The third kappa shape index (κ3) is 1.54. The molecule has 0 bridgehead atoms. The van der Waals surface area contributed by atoms with Gasteiger partial charge in [-0.3, -0.25) is 5.41 Å². The van der Waals surface area contributed by atoms with Gasteiger partial charge in [-0.25, -0.2) is 9.98 Å². The van der Waals surface area contributed by atoms with E-state index in [2.05, 4.69) is 9.98 Å². The van der Waals surface area contributed by atoms with E-state index in [0.717, 1.165) is 0 Å². The van der Waals surface area contributed by atoms with Crippen molar-refractivity contribution in [1.29, 1.82) is 5.41 Å². The molecule has 0 amide bonds. The van der Waals surface area contributed by atoms with Gasteiger partial charge in [-0.1, -0.05) is 17.8 Å². The van der Waals surface area contributed by atoms with E-state index in [1.54, 1.807) is 11.7 Å². The molecule has 3 nitrogen and oxygen atoms in total. The maximum Gasteiger partial charge on any atom is 0.178 e. The molecular weight excluding hydrogens is 146 g/mol. The van der Waals surface area contributed by atoms with E-state index in [0.29, 0.717) is 5.04 Å². The Balaban J connectivity index is 2.67. The maximum absolute atomic E-state index is 7.20. The quantitative estimate of drug-likeness (QED) is 0.612. The number of aliphatic imine (C=N–C) groups is 2. The molecule has 0 aromatic heterocycles. The molecule has 0 saturated heterocycles. The fraction of sp³-hybridized carbons (Fsp3) is 0.167. The molecule has 4 heteroatoms. The number of amidine groups is 1. The van der Waals surface area contributed by atoms with E-state index in [4.69, 9.17) is 5.41 Å². The molecule has 0 aromatic carbocycles. The highest BCUT2D eigenvalue weighted by atomic mass is 32.2. The lowest BCUT2D eigenvalue weighted by atomic mass is 10.6. The first kappa shape index (κ1) is 7.21. The predicted octanol–water partition coefficient (Wildman–Crippen LogP) is 1.67.